The Labute approximate surface area is 174 Å². The van der Waals surface area contributed by atoms with E-state index in [0.29, 0.717) is 19.4 Å². The second-order valence-electron chi connectivity index (χ2n) is 6.11. The molecule has 13 heteroatoms. The molecule has 0 radical (unpaired) electrons. The summed E-state index contributed by atoms with van der Waals surface area (Å²) in [7, 11) is 1.64. The molecule has 0 aliphatic heterocycles. The fourth-order valence-electron chi connectivity index (χ4n) is 2.12. The number of hydrogen-bond acceptors (Lipinski definition) is 8. The van der Waals surface area contributed by atoms with Gasteiger partial charge in [0.2, 0.25) is 23.6 Å². The van der Waals surface area contributed by atoms with Crippen LogP contribution in [0.4, 0.5) is 0 Å². The highest BCUT2D eigenvalue weighted by Crippen LogP contribution is 1.94. The van der Waals surface area contributed by atoms with Gasteiger partial charge in [0, 0.05) is 19.6 Å². The molecule has 1 atom stereocenters. The minimum absolute atomic E-state index is 0.0595. The Morgan fingerprint density at radius 1 is 0.867 bits per heavy atom. The normalized spacial score (nSPS) is 11.4. The van der Waals surface area contributed by atoms with E-state index in [9.17, 15) is 24.0 Å². The van der Waals surface area contributed by atoms with Crippen molar-refractivity contribution in [1.82, 2.24) is 21.3 Å². The van der Waals surface area contributed by atoms with Crippen LogP contribution in [-0.4, -0.2) is 93.9 Å². The third-order valence-electron chi connectivity index (χ3n) is 3.60. The van der Waals surface area contributed by atoms with Crippen molar-refractivity contribution >= 4 is 29.6 Å². The van der Waals surface area contributed by atoms with Gasteiger partial charge in [-0.05, 0) is 19.9 Å². The van der Waals surface area contributed by atoms with Crippen molar-refractivity contribution in [1.29, 1.82) is 0 Å². The second kappa shape index (κ2) is 17.1. The Morgan fingerprint density at radius 3 is 1.83 bits per heavy atom. The number of amides is 4. The zero-order chi connectivity index (χ0) is 22.8. The molecule has 0 aliphatic rings. The highest BCUT2D eigenvalue weighted by atomic mass is 16.5. The van der Waals surface area contributed by atoms with Crippen molar-refractivity contribution in [3.05, 3.63) is 0 Å². The molecular formula is C17H31N5O8. The van der Waals surface area contributed by atoms with Crippen molar-refractivity contribution in [3.8, 4) is 0 Å². The number of nitrogens with one attached hydrogen (secondary N) is 4. The molecule has 4 amide bonds. The SMILES string of the molecule is CNC(CCCNC(=O)COCCNC(=O)COCCNC(=O)CC(=O)O)C(N)=O. The lowest BCUT2D eigenvalue weighted by molar-refractivity contribution is -0.140. The molecular weight excluding hydrogens is 402 g/mol. The topological polar surface area (TPSA) is 198 Å². The van der Waals surface area contributed by atoms with E-state index in [-0.39, 0.29) is 45.4 Å². The molecule has 0 saturated heterocycles. The lowest BCUT2D eigenvalue weighted by Gasteiger charge is -2.12. The molecule has 0 rings (SSSR count). The molecule has 172 valence electrons. The summed E-state index contributed by atoms with van der Waals surface area (Å²) in [6, 6.07) is -0.429. The van der Waals surface area contributed by atoms with Crippen molar-refractivity contribution in [3.63, 3.8) is 0 Å². The van der Waals surface area contributed by atoms with Crippen LogP contribution in [0.2, 0.25) is 0 Å². The molecule has 1 unspecified atom stereocenters. The first-order chi connectivity index (χ1) is 14.3. The number of carboxylic acid groups (broad SMARTS) is 1. The fraction of sp³-hybridized carbons (Fsp3) is 0.706. The van der Waals surface area contributed by atoms with Crippen LogP contribution >= 0.6 is 0 Å². The predicted molar refractivity (Wildman–Crippen MR) is 104 cm³/mol. The summed E-state index contributed by atoms with van der Waals surface area (Å²) in [4.78, 5) is 55.5. The smallest absolute Gasteiger partial charge is 0.312 e. The van der Waals surface area contributed by atoms with Gasteiger partial charge in [-0.1, -0.05) is 0 Å². The number of primary amides is 1. The van der Waals surface area contributed by atoms with E-state index in [0.717, 1.165) is 0 Å². The number of carbonyl (C=O) groups excluding carboxylic acids is 4. The maximum Gasteiger partial charge on any atom is 0.312 e. The second-order valence-corrected chi connectivity index (χ2v) is 6.11. The lowest BCUT2D eigenvalue weighted by atomic mass is 10.1. The summed E-state index contributed by atoms with van der Waals surface area (Å²) in [5, 5.41) is 18.7. The van der Waals surface area contributed by atoms with E-state index in [2.05, 4.69) is 21.3 Å². The van der Waals surface area contributed by atoms with E-state index in [1.54, 1.807) is 7.05 Å². The molecule has 7 N–H and O–H groups in total. The van der Waals surface area contributed by atoms with Crippen LogP contribution in [0.3, 0.4) is 0 Å². The van der Waals surface area contributed by atoms with Crippen molar-refractivity contribution < 1.29 is 38.6 Å². The zero-order valence-electron chi connectivity index (χ0n) is 17.0. The molecule has 30 heavy (non-hydrogen) atoms. The van der Waals surface area contributed by atoms with Gasteiger partial charge in [-0.3, -0.25) is 24.0 Å². The standard InChI is InChI=1S/C17H31N5O8/c1-19-12(17(18)28)3-2-4-20-14(24)10-30-8-6-22-15(25)11-29-7-5-21-13(23)9-16(26)27/h12,19H,2-11H2,1H3,(H2,18,28)(H,20,24)(H,21,23)(H,22,25)(H,26,27). The minimum Gasteiger partial charge on any atom is -0.481 e. The van der Waals surface area contributed by atoms with E-state index in [1.807, 2.05) is 0 Å². The van der Waals surface area contributed by atoms with Crippen LogP contribution in [0, 0.1) is 0 Å². The van der Waals surface area contributed by atoms with Gasteiger partial charge >= 0.3 is 5.97 Å². The summed E-state index contributed by atoms with van der Waals surface area (Å²) in [5.41, 5.74) is 5.19. The Morgan fingerprint density at radius 2 is 1.37 bits per heavy atom. The van der Waals surface area contributed by atoms with Gasteiger partial charge in [-0.2, -0.15) is 0 Å². The Balaban J connectivity index is 3.55. The van der Waals surface area contributed by atoms with Gasteiger partial charge in [0.05, 0.1) is 19.3 Å². The number of aliphatic carboxylic acids is 1. The molecule has 0 saturated carbocycles. The number of likely N-dealkylation sites (N-methyl/N-ethyl adjacent to an activating group) is 1. The van der Waals surface area contributed by atoms with Crippen LogP contribution < -0.4 is 27.0 Å². The Bertz CT molecular complexity index is 572. The number of hydrogen-bond donors (Lipinski definition) is 6. The highest BCUT2D eigenvalue weighted by molar-refractivity contribution is 5.93. The zero-order valence-corrected chi connectivity index (χ0v) is 17.0. The summed E-state index contributed by atoms with van der Waals surface area (Å²) in [6.45, 7) is 0.473. The molecule has 0 aromatic rings. The highest BCUT2D eigenvalue weighted by Gasteiger charge is 2.11. The quantitative estimate of drug-likeness (QED) is 0.0946. The average molecular weight is 433 g/mol. The third-order valence-corrected chi connectivity index (χ3v) is 3.60. The van der Waals surface area contributed by atoms with E-state index in [1.165, 1.54) is 0 Å². The van der Waals surface area contributed by atoms with Gasteiger partial charge in [-0.25, -0.2) is 0 Å². The van der Waals surface area contributed by atoms with E-state index >= 15 is 0 Å². The first-order valence-corrected chi connectivity index (χ1v) is 9.40. The Hall–Kier alpha value is -2.77. The molecule has 13 nitrogen and oxygen atoms in total. The van der Waals surface area contributed by atoms with Crippen molar-refractivity contribution in [2.24, 2.45) is 5.73 Å². The molecule has 0 aromatic carbocycles. The molecule has 0 spiro atoms. The monoisotopic (exact) mass is 433 g/mol. The first kappa shape index (κ1) is 27.2. The minimum atomic E-state index is -1.23. The number of carboxylic acids is 1. The molecule has 0 aromatic heterocycles. The van der Waals surface area contributed by atoms with Gasteiger partial charge in [0.1, 0.15) is 19.6 Å². The maximum atomic E-state index is 11.6. The predicted octanol–water partition coefficient (Wildman–Crippen LogP) is -3.30. The molecule has 0 fully saturated rings. The number of nitrogens with two attached hydrogens (primary N) is 1. The molecule has 0 heterocycles. The van der Waals surface area contributed by atoms with E-state index < -0.39 is 36.2 Å². The van der Waals surface area contributed by atoms with Crippen LogP contribution in [0.25, 0.3) is 0 Å². The van der Waals surface area contributed by atoms with Crippen molar-refractivity contribution in [2.75, 3.05) is 53.1 Å². The third kappa shape index (κ3) is 16.2. The summed E-state index contributed by atoms with van der Waals surface area (Å²) in [5.74, 6) is -3.01. The lowest BCUT2D eigenvalue weighted by Crippen LogP contribution is -2.39. The average Bonchev–Trinajstić information content (AvgIpc) is 2.66. The van der Waals surface area contributed by atoms with Crippen LogP contribution in [0.1, 0.15) is 19.3 Å². The van der Waals surface area contributed by atoms with Gasteiger partial charge in [-0.15, -0.1) is 0 Å². The van der Waals surface area contributed by atoms with Gasteiger partial charge < -0.3 is 41.6 Å². The van der Waals surface area contributed by atoms with Crippen LogP contribution in [-0.2, 0) is 33.4 Å². The van der Waals surface area contributed by atoms with Gasteiger partial charge in [0.15, 0.2) is 0 Å². The summed E-state index contributed by atoms with van der Waals surface area (Å²) in [6.07, 6.45) is 0.472. The Kier molecular flexibility index (Phi) is 15.5. The number of carbonyl (C=O) groups is 5. The fourth-order valence-corrected chi connectivity index (χ4v) is 2.12. The largest absolute Gasteiger partial charge is 0.481 e. The van der Waals surface area contributed by atoms with E-state index in [4.69, 9.17) is 20.3 Å². The summed E-state index contributed by atoms with van der Waals surface area (Å²) < 4.78 is 10.2. The van der Waals surface area contributed by atoms with Crippen molar-refractivity contribution in [2.45, 2.75) is 25.3 Å². The summed E-state index contributed by atoms with van der Waals surface area (Å²) >= 11 is 0. The van der Waals surface area contributed by atoms with Gasteiger partial charge in [0.25, 0.3) is 0 Å². The molecule has 0 bridgehead atoms. The van der Waals surface area contributed by atoms with Crippen LogP contribution in [0.15, 0.2) is 0 Å². The number of ether oxygens (including phenoxy) is 2. The van der Waals surface area contributed by atoms with Crippen LogP contribution in [0.5, 0.6) is 0 Å². The maximum absolute atomic E-state index is 11.6. The first-order valence-electron chi connectivity index (χ1n) is 9.40. The molecule has 0 aliphatic carbocycles. The number of rotatable bonds is 18.